The highest BCUT2D eigenvalue weighted by atomic mass is 16.2. The van der Waals surface area contributed by atoms with Gasteiger partial charge in [-0.2, -0.15) is 0 Å². The Balaban J connectivity index is 1.57. The fourth-order valence-electron chi connectivity index (χ4n) is 3.65. The Morgan fingerprint density at radius 3 is 1.94 bits per heavy atom. The van der Waals surface area contributed by atoms with Gasteiger partial charge >= 0.3 is 0 Å². The summed E-state index contributed by atoms with van der Waals surface area (Å²) < 4.78 is 0. The summed E-state index contributed by atoms with van der Waals surface area (Å²) in [7, 11) is 0. The Bertz CT molecular complexity index is 1080. The van der Waals surface area contributed by atoms with Crippen molar-refractivity contribution in [3.8, 4) is 0 Å². The molecule has 3 rings (SSSR count). The highest BCUT2D eigenvalue weighted by molar-refractivity contribution is 5.97. The molecule has 9 N–H and O–H groups in total. The smallest absolute Gasteiger partial charge is 0.246 e. The van der Waals surface area contributed by atoms with E-state index in [1.807, 2.05) is 0 Å². The first-order valence-corrected chi connectivity index (χ1v) is 10.4. The Morgan fingerprint density at radius 1 is 0.909 bits per heavy atom. The molecule has 3 amide bonds. The largest absolute Gasteiger partial charge is 0.384 e. The maximum Gasteiger partial charge on any atom is 0.246 e. The van der Waals surface area contributed by atoms with Gasteiger partial charge < -0.3 is 27.4 Å². The van der Waals surface area contributed by atoms with E-state index in [-0.39, 0.29) is 49.4 Å². The molecule has 1 aliphatic heterocycles. The average Bonchev–Trinajstić information content (AvgIpc) is 3.18. The minimum absolute atomic E-state index is 0.0315. The topological polar surface area (TPSA) is 187 Å². The zero-order chi connectivity index (χ0) is 24.0. The fraction of sp³-hybridized carbons (Fsp3) is 0.261. The van der Waals surface area contributed by atoms with Crippen molar-refractivity contribution < 1.29 is 14.4 Å². The summed E-state index contributed by atoms with van der Waals surface area (Å²) in [6.45, 7) is 0.0303. The van der Waals surface area contributed by atoms with Crippen LogP contribution in [0.25, 0.3) is 0 Å². The molecule has 2 aromatic rings. The third-order valence-corrected chi connectivity index (χ3v) is 5.53. The molecule has 1 atom stereocenters. The van der Waals surface area contributed by atoms with Crippen LogP contribution >= 0.6 is 0 Å². The minimum Gasteiger partial charge on any atom is -0.384 e. The number of amides is 3. The number of nitrogens with two attached hydrogens (primary N) is 2. The molecular formula is C23H27N7O3. The third-order valence-electron chi connectivity index (χ3n) is 5.53. The van der Waals surface area contributed by atoms with Crippen molar-refractivity contribution in [2.24, 2.45) is 11.5 Å². The van der Waals surface area contributed by atoms with Gasteiger partial charge in [-0.25, -0.2) is 0 Å². The lowest BCUT2D eigenvalue weighted by atomic mass is 9.88. The monoisotopic (exact) mass is 449 g/mol. The molecule has 1 fully saturated rings. The molecule has 172 valence electrons. The molecule has 33 heavy (non-hydrogen) atoms. The van der Waals surface area contributed by atoms with Crippen LogP contribution in [0.5, 0.6) is 0 Å². The molecule has 1 saturated heterocycles. The van der Waals surface area contributed by atoms with Crippen molar-refractivity contribution in [1.29, 1.82) is 10.8 Å². The molecule has 1 aliphatic rings. The fourth-order valence-corrected chi connectivity index (χ4v) is 3.65. The highest BCUT2D eigenvalue weighted by Gasteiger charge is 2.44. The van der Waals surface area contributed by atoms with Crippen molar-refractivity contribution >= 4 is 29.4 Å². The molecule has 0 aliphatic carbocycles. The summed E-state index contributed by atoms with van der Waals surface area (Å²) in [5.41, 5.74) is 12.6. The summed E-state index contributed by atoms with van der Waals surface area (Å²) in [5, 5.41) is 23.0. The quantitative estimate of drug-likeness (QED) is 0.207. The Labute approximate surface area is 191 Å². The standard InChI is InChI=1S/C23H27N7O3/c24-20(25)16-5-1-14(2-6-16)11-23(10-9-18(31)30-23)22(33)29-13-19(32)28-12-15-3-7-17(8-4-15)21(26)27/h1-8H,9-13H2,(H3,24,25)(H3,26,27)(H,28,32)(H,29,33)(H,30,31). The molecule has 2 aromatic carbocycles. The van der Waals surface area contributed by atoms with Crippen molar-refractivity contribution in [3.63, 3.8) is 0 Å². The van der Waals surface area contributed by atoms with Crippen LogP contribution in [0.1, 0.15) is 35.1 Å². The summed E-state index contributed by atoms with van der Waals surface area (Å²) in [5.74, 6) is -1.10. The molecule has 0 bridgehead atoms. The van der Waals surface area contributed by atoms with Crippen LogP contribution in [-0.2, 0) is 27.3 Å². The van der Waals surface area contributed by atoms with Crippen LogP contribution in [0.4, 0.5) is 0 Å². The number of amidine groups is 2. The van der Waals surface area contributed by atoms with E-state index in [2.05, 4.69) is 16.0 Å². The second kappa shape index (κ2) is 9.94. The van der Waals surface area contributed by atoms with Crippen LogP contribution in [0, 0.1) is 10.8 Å². The van der Waals surface area contributed by atoms with Gasteiger partial charge in [-0.05, 0) is 17.5 Å². The molecule has 10 heteroatoms. The van der Waals surface area contributed by atoms with Gasteiger partial charge in [-0.15, -0.1) is 0 Å². The van der Waals surface area contributed by atoms with E-state index in [0.29, 0.717) is 17.5 Å². The number of nitrogen functional groups attached to an aromatic ring is 2. The van der Waals surface area contributed by atoms with Crippen molar-refractivity contribution in [1.82, 2.24) is 16.0 Å². The first-order valence-electron chi connectivity index (χ1n) is 10.4. The van der Waals surface area contributed by atoms with Gasteiger partial charge in [0.1, 0.15) is 17.2 Å². The van der Waals surface area contributed by atoms with E-state index in [9.17, 15) is 14.4 Å². The van der Waals surface area contributed by atoms with Crippen LogP contribution in [0.15, 0.2) is 48.5 Å². The van der Waals surface area contributed by atoms with E-state index in [1.54, 1.807) is 48.5 Å². The van der Waals surface area contributed by atoms with Crippen LogP contribution in [0.3, 0.4) is 0 Å². The Morgan fingerprint density at radius 2 is 1.45 bits per heavy atom. The van der Waals surface area contributed by atoms with Crippen LogP contribution in [-0.4, -0.2) is 41.5 Å². The van der Waals surface area contributed by atoms with E-state index in [0.717, 1.165) is 11.1 Å². The van der Waals surface area contributed by atoms with Gasteiger partial charge in [0.15, 0.2) is 0 Å². The van der Waals surface area contributed by atoms with Gasteiger partial charge in [0.05, 0.1) is 6.54 Å². The molecule has 0 aromatic heterocycles. The lowest BCUT2D eigenvalue weighted by molar-refractivity contribution is -0.131. The molecule has 0 saturated carbocycles. The van der Waals surface area contributed by atoms with E-state index in [4.69, 9.17) is 22.3 Å². The van der Waals surface area contributed by atoms with Crippen molar-refractivity contribution in [3.05, 3.63) is 70.8 Å². The second-order valence-electron chi connectivity index (χ2n) is 7.99. The lowest BCUT2D eigenvalue weighted by Gasteiger charge is -2.28. The zero-order valence-corrected chi connectivity index (χ0v) is 18.0. The Hall–Kier alpha value is -4.21. The van der Waals surface area contributed by atoms with Gasteiger partial charge in [-0.1, -0.05) is 48.5 Å². The normalized spacial score (nSPS) is 17.2. The molecule has 0 spiro atoms. The average molecular weight is 450 g/mol. The molecule has 0 radical (unpaired) electrons. The maximum absolute atomic E-state index is 13.0. The summed E-state index contributed by atoms with van der Waals surface area (Å²) in [4.78, 5) is 37.1. The number of benzene rings is 2. The first-order chi connectivity index (χ1) is 15.7. The van der Waals surface area contributed by atoms with Gasteiger partial charge in [0.2, 0.25) is 17.7 Å². The maximum atomic E-state index is 13.0. The van der Waals surface area contributed by atoms with Crippen molar-refractivity contribution in [2.75, 3.05) is 6.54 Å². The van der Waals surface area contributed by atoms with Crippen LogP contribution in [0.2, 0.25) is 0 Å². The van der Waals surface area contributed by atoms with Gasteiger partial charge in [-0.3, -0.25) is 25.2 Å². The van der Waals surface area contributed by atoms with Gasteiger partial charge in [0.25, 0.3) is 0 Å². The number of carbonyl (C=O) groups excluding carboxylic acids is 3. The predicted octanol–water partition coefficient (Wildman–Crippen LogP) is -0.121. The first kappa shape index (κ1) is 23.5. The molecule has 1 heterocycles. The summed E-state index contributed by atoms with van der Waals surface area (Å²) in [6.07, 6.45) is 0.796. The summed E-state index contributed by atoms with van der Waals surface area (Å²) in [6, 6.07) is 13.8. The lowest BCUT2D eigenvalue weighted by Crippen LogP contribution is -2.57. The number of carbonyl (C=O) groups is 3. The van der Waals surface area contributed by atoms with E-state index >= 15 is 0 Å². The molecule has 1 unspecified atom stereocenters. The SMILES string of the molecule is N=C(N)c1ccc(CNC(=O)CNC(=O)C2(Cc3ccc(C(=N)N)cc3)CCC(=O)N2)cc1. The zero-order valence-electron chi connectivity index (χ0n) is 18.0. The number of nitrogens with one attached hydrogen (secondary N) is 5. The van der Waals surface area contributed by atoms with Crippen molar-refractivity contribution in [2.45, 2.75) is 31.3 Å². The second-order valence-corrected chi connectivity index (χ2v) is 7.99. The molecule has 10 nitrogen and oxygen atoms in total. The molecular weight excluding hydrogens is 422 g/mol. The van der Waals surface area contributed by atoms with Gasteiger partial charge in [0, 0.05) is 30.5 Å². The highest BCUT2D eigenvalue weighted by Crippen LogP contribution is 2.25. The Kier molecular flexibility index (Phi) is 7.07. The third kappa shape index (κ3) is 5.94. The minimum atomic E-state index is -1.14. The van der Waals surface area contributed by atoms with E-state index in [1.165, 1.54) is 0 Å². The predicted molar refractivity (Wildman–Crippen MR) is 124 cm³/mol. The number of rotatable bonds is 9. The van der Waals surface area contributed by atoms with E-state index < -0.39 is 11.4 Å². The van der Waals surface area contributed by atoms with Crippen LogP contribution < -0.4 is 27.4 Å². The number of hydrogen-bond acceptors (Lipinski definition) is 5. The number of hydrogen-bond donors (Lipinski definition) is 7. The summed E-state index contributed by atoms with van der Waals surface area (Å²) >= 11 is 0.